The zero-order chi connectivity index (χ0) is 10.1. The van der Waals surface area contributed by atoms with Crippen molar-refractivity contribution in [1.82, 2.24) is 0 Å². The van der Waals surface area contributed by atoms with Gasteiger partial charge in [0.15, 0.2) is 6.61 Å². The molecular weight excluding hydrogens is 176 g/mol. The first-order valence-electron chi connectivity index (χ1n) is 4.18. The van der Waals surface area contributed by atoms with Crippen molar-refractivity contribution in [3.8, 4) is 0 Å². The molecule has 0 amide bonds. The first kappa shape index (κ1) is 11.9. The van der Waals surface area contributed by atoms with Crippen LogP contribution in [0.5, 0.6) is 0 Å². The average Bonchev–Trinajstić information content (AvgIpc) is 2.05. The van der Waals surface area contributed by atoms with Crippen LogP contribution in [-0.2, 0) is 24.1 Å². The molecule has 0 radical (unpaired) electrons. The molecule has 0 atom stereocenters. The Morgan fingerprint density at radius 1 is 1.15 bits per heavy atom. The lowest BCUT2D eigenvalue weighted by molar-refractivity contribution is -0.271. The predicted molar refractivity (Wildman–Crippen MR) is 43.6 cm³/mol. The Kier molecular flexibility index (Phi) is 6.91. The number of rotatable bonds is 6. The number of hydrogen-bond acceptors (Lipinski definition) is 5. The first-order chi connectivity index (χ1) is 6.20. The third-order valence-corrected chi connectivity index (χ3v) is 1.09. The van der Waals surface area contributed by atoms with Gasteiger partial charge in [-0.15, -0.1) is 0 Å². The second-order valence-corrected chi connectivity index (χ2v) is 2.27. The van der Waals surface area contributed by atoms with Crippen LogP contribution < -0.4 is 0 Å². The second kappa shape index (κ2) is 7.54. The Balaban J connectivity index is 3.33. The average molecular weight is 190 g/mol. The van der Waals surface area contributed by atoms with Gasteiger partial charge in [-0.05, 0) is 13.3 Å². The van der Waals surface area contributed by atoms with E-state index < -0.39 is 11.9 Å². The molecule has 0 spiro atoms. The molecule has 0 aliphatic heterocycles. The van der Waals surface area contributed by atoms with E-state index in [0.29, 0.717) is 6.42 Å². The van der Waals surface area contributed by atoms with Gasteiger partial charge in [0, 0.05) is 6.42 Å². The van der Waals surface area contributed by atoms with Crippen molar-refractivity contribution < 1.29 is 24.1 Å². The minimum atomic E-state index is -0.549. The van der Waals surface area contributed by atoms with Crippen LogP contribution in [0.25, 0.3) is 0 Å². The van der Waals surface area contributed by atoms with Gasteiger partial charge in [0.1, 0.15) is 0 Å². The highest BCUT2D eigenvalue weighted by molar-refractivity contribution is 5.71. The number of carbonyl (C=O) groups is 2. The van der Waals surface area contributed by atoms with Gasteiger partial charge in [-0.1, -0.05) is 6.92 Å². The lowest BCUT2D eigenvalue weighted by Crippen LogP contribution is -2.14. The van der Waals surface area contributed by atoms with Crippen LogP contribution in [0.15, 0.2) is 0 Å². The maximum absolute atomic E-state index is 10.7. The summed E-state index contributed by atoms with van der Waals surface area (Å²) in [5.41, 5.74) is 0. The number of ether oxygens (including phenoxy) is 1. The first-order valence-corrected chi connectivity index (χ1v) is 4.18. The zero-order valence-corrected chi connectivity index (χ0v) is 7.87. The van der Waals surface area contributed by atoms with Crippen molar-refractivity contribution >= 4 is 11.9 Å². The van der Waals surface area contributed by atoms with Gasteiger partial charge in [0.05, 0.1) is 6.61 Å². The largest absolute Gasteiger partial charge is 0.464 e. The molecular formula is C8H14O5. The summed E-state index contributed by atoms with van der Waals surface area (Å²) in [6.45, 7) is 3.45. The van der Waals surface area contributed by atoms with E-state index in [1.165, 1.54) is 0 Å². The summed E-state index contributed by atoms with van der Waals surface area (Å²) in [7, 11) is 0. The molecule has 0 aliphatic rings. The molecule has 0 aromatic carbocycles. The van der Waals surface area contributed by atoms with Gasteiger partial charge < -0.3 is 4.74 Å². The van der Waals surface area contributed by atoms with E-state index in [-0.39, 0.29) is 19.6 Å². The Morgan fingerprint density at radius 3 is 2.38 bits per heavy atom. The third-order valence-electron chi connectivity index (χ3n) is 1.09. The van der Waals surface area contributed by atoms with Gasteiger partial charge in [-0.3, -0.25) is 4.89 Å². The smallest absolute Gasteiger partial charge is 0.342 e. The number of carbonyl (C=O) groups excluding carboxylic acids is 2. The van der Waals surface area contributed by atoms with Crippen LogP contribution >= 0.6 is 0 Å². The van der Waals surface area contributed by atoms with Gasteiger partial charge in [-0.2, -0.15) is 4.89 Å². The molecule has 5 heteroatoms. The Morgan fingerprint density at radius 2 is 1.85 bits per heavy atom. The van der Waals surface area contributed by atoms with Crippen molar-refractivity contribution in [2.75, 3.05) is 13.2 Å². The summed E-state index contributed by atoms with van der Waals surface area (Å²) in [5, 5.41) is 0. The van der Waals surface area contributed by atoms with Gasteiger partial charge >= 0.3 is 11.9 Å². The molecule has 13 heavy (non-hydrogen) atoms. The number of hydrogen-bond donors (Lipinski definition) is 0. The second-order valence-electron chi connectivity index (χ2n) is 2.27. The third kappa shape index (κ3) is 7.27. The molecule has 0 bridgehead atoms. The fraction of sp³-hybridized carbons (Fsp3) is 0.750. The van der Waals surface area contributed by atoms with Crippen LogP contribution in [0, 0.1) is 0 Å². The predicted octanol–water partition coefficient (Wildman–Crippen LogP) is 0.824. The normalized spacial score (nSPS) is 9.38. The summed E-state index contributed by atoms with van der Waals surface area (Å²) in [5.74, 6) is -1.03. The molecule has 0 aromatic rings. The molecule has 76 valence electrons. The SMILES string of the molecule is CCCC(=O)OOCC(=O)OCC. The van der Waals surface area contributed by atoms with Crippen molar-refractivity contribution in [2.45, 2.75) is 26.7 Å². The van der Waals surface area contributed by atoms with Crippen molar-refractivity contribution in [2.24, 2.45) is 0 Å². The molecule has 0 aromatic heterocycles. The fourth-order valence-corrected chi connectivity index (χ4v) is 0.592. The molecule has 0 saturated heterocycles. The van der Waals surface area contributed by atoms with Crippen LogP contribution in [0.2, 0.25) is 0 Å². The highest BCUT2D eigenvalue weighted by Crippen LogP contribution is 1.92. The van der Waals surface area contributed by atoms with E-state index in [9.17, 15) is 9.59 Å². The highest BCUT2D eigenvalue weighted by Gasteiger charge is 2.05. The summed E-state index contributed by atoms with van der Waals surface area (Å²) in [4.78, 5) is 29.9. The van der Waals surface area contributed by atoms with E-state index in [0.717, 1.165) is 0 Å². The van der Waals surface area contributed by atoms with Crippen LogP contribution in [-0.4, -0.2) is 25.2 Å². The molecule has 5 nitrogen and oxygen atoms in total. The van der Waals surface area contributed by atoms with E-state index in [1.807, 2.05) is 6.92 Å². The summed E-state index contributed by atoms with van der Waals surface area (Å²) >= 11 is 0. The lowest BCUT2D eigenvalue weighted by Gasteiger charge is -2.02. The minimum Gasteiger partial charge on any atom is -0.464 e. The van der Waals surface area contributed by atoms with Crippen molar-refractivity contribution in [1.29, 1.82) is 0 Å². The summed E-state index contributed by atoms with van der Waals surface area (Å²) < 4.78 is 4.53. The molecule has 0 unspecified atom stereocenters. The zero-order valence-electron chi connectivity index (χ0n) is 7.87. The molecule has 0 N–H and O–H groups in total. The van der Waals surface area contributed by atoms with Crippen molar-refractivity contribution in [3.63, 3.8) is 0 Å². The molecule has 0 fully saturated rings. The maximum atomic E-state index is 10.7. The molecule has 0 rings (SSSR count). The minimum absolute atomic E-state index is 0.281. The summed E-state index contributed by atoms with van der Waals surface area (Å²) in [6.07, 6.45) is 0.963. The van der Waals surface area contributed by atoms with E-state index in [4.69, 9.17) is 0 Å². The van der Waals surface area contributed by atoms with Crippen LogP contribution in [0.3, 0.4) is 0 Å². The monoisotopic (exact) mass is 190 g/mol. The maximum Gasteiger partial charge on any atom is 0.342 e. The van der Waals surface area contributed by atoms with Crippen LogP contribution in [0.1, 0.15) is 26.7 Å². The Hall–Kier alpha value is -1.10. The van der Waals surface area contributed by atoms with Gasteiger partial charge in [0.2, 0.25) is 0 Å². The molecule has 0 saturated carbocycles. The van der Waals surface area contributed by atoms with E-state index >= 15 is 0 Å². The Bertz CT molecular complexity index is 148. The number of esters is 1. The Labute approximate surface area is 76.9 Å². The van der Waals surface area contributed by atoms with Crippen LogP contribution in [0.4, 0.5) is 0 Å². The quantitative estimate of drug-likeness (QED) is 0.352. The van der Waals surface area contributed by atoms with E-state index in [2.05, 4.69) is 14.5 Å². The van der Waals surface area contributed by atoms with Gasteiger partial charge in [-0.25, -0.2) is 9.59 Å². The summed E-state index contributed by atoms with van der Waals surface area (Å²) in [6, 6.07) is 0. The fourth-order valence-electron chi connectivity index (χ4n) is 0.592. The van der Waals surface area contributed by atoms with Crippen molar-refractivity contribution in [3.05, 3.63) is 0 Å². The molecule has 0 aliphatic carbocycles. The van der Waals surface area contributed by atoms with E-state index in [1.54, 1.807) is 6.92 Å². The van der Waals surface area contributed by atoms with Gasteiger partial charge in [0.25, 0.3) is 0 Å². The standard InChI is InChI=1S/C8H14O5/c1-3-5-7(9)13-12-6-8(10)11-4-2/h3-6H2,1-2H3. The highest BCUT2D eigenvalue weighted by atomic mass is 17.2. The lowest BCUT2D eigenvalue weighted by atomic mass is 10.3. The topological polar surface area (TPSA) is 61.8 Å². The molecule has 0 heterocycles.